The van der Waals surface area contributed by atoms with Crippen molar-refractivity contribution in [2.75, 3.05) is 5.73 Å². The van der Waals surface area contributed by atoms with Gasteiger partial charge in [-0.1, -0.05) is 13.8 Å². The molecule has 0 saturated heterocycles. The summed E-state index contributed by atoms with van der Waals surface area (Å²) >= 11 is 0. The summed E-state index contributed by atoms with van der Waals surface area (Å²) in [6.07, 6.45) is 0.632. The van der Waals surface area contributed by atoms with Crippen LogP contribution in [0.25, 0.3) is 0 Å². The fourth-order valence-electron chi connectivity index (χ4n) is 1.36. The monoisotopic (exact) mass is 197 g/mol. The van der Waals surface area contributed by atoms with Crippen molar-refractivity contribution >= 4 is 11.8 Å². The number of nitrogens with two attached hydrogens (primary N) is 1. The first kappa shape index (κ1) is 10.6. The zero-order valence-corrected chi connectivity index (χ0v) is 8.61. The Labute approximate surface area is 82.5 Å². The number of hydrogen-bond donors (Lipinski definition) is 2. The molecule has 0 unspecified atom stereocenters. The standard InChI is InChI=1S/C9H15N3O2/c1-5(2)4-6-7(9(13)14)8(10)12(3)11-6/h5H,4,10H2,1-3H3,(H,13,14). The van der Waals surface area contributed by atoms with Crippen LogP contribution >= 0.6 is 0 Å². The molecule has 5 nitrogen and oxygen atoms in total. The minimum Gasteiger partial charge on any atom is -0.477 e. The number of carboxylic acid groups (broad SMARTS) is 1. The van der Waals surface area contributed by atoms with Crippen molar-refractivity contribution < 1.29 is 9.90 Å². The van der Waals surface area contributed by atoms with Gasteiger partial charge in [0, 0.05) is 7.05 Å². The van der Waals surface area contributed by atoms with Crippen molar-refractivity contribution in [3.63, 3.8) is 0 Å². The number of aryl methyl sites for hydroxylation is 1. The molecule has 0 fully saturated rings. The number of aromatic nitrogens is 2. The van der Waals surface area contributed by atoms with Crippen LogP contribution in [0.4, 0.5) is 5.82 Å². The van der Waals surface area contributed by atoms with E-state index in [0.717, 1.165) is 0 Å². The summed E-state index contributed by atoms with van der Waals surface area (Å²) in [4.78, 5) is 10.9. The molecule has 3 N–H and O–H groups in total. The van der Waals surface area contributed by atoms with Crippen molar-refractivity contribution in [2.45, 2.75) is 20.3 Å². The molecule has 0 aliphatic heterocycles. The summed E-state index contributed by atoms with van der Waals surface area (Å²) in [5.74, 6) is -0.429. The smallest absolute Gasteiger partial charge is 0.341 e. The van der Waals surface area contributed by atoms with Gasteiger partial charge in [0.25, 0.3) is 0 Å². The van der Waals surface area contributed by atoms with Gasteiger partial charge >= 0.3 is 5.97 Å². The van der Waals surface area contributed by atoms with E-state index < -0.39 is 5.97 Å². The molecular weight excluding hydrogens is 182 g/mol. The summed E-state index contributed by atoms with van der Waals surface area (Å²) in [7, 11) is 1.64. The van der Waals surface area contributed by atoms with Gasteiger partial charge in [-0.25, -0.2) is 4.79 Å². The molecule has 0 bridgehead atoms. The third-order valence-corrected chi connectivity index (χ3v) is 1.98. The maximum absolute atomic E-state index is 10.9. The number of nitrogens with zero attached hydrogens (tertiary/aromatic N) is 2. The molecule has 0 aromatic carbocycles. The second-order valence-electron chi connectivity index (χ2n) is 3.73. The molecule has 1 heterocycles. The van der Waals surface area contributed by atoms with Gasteiger partial charge in [-0.15, -0.1) is 0 Å². The van der Waals surface area contributed by atoms with Crippen molar-refractivity contribution in [1.82, 2.24) is 9.78 Å². The highest BCUT2D eigenvalue weighted by molar-refractivity contribution is 5.94. The normalized spacial score (nSPS) is 10.9. The third kappa shape index (κ3) is 1.86. The number of carbonyl (C=O) groups is 1. The predicted molar refractivity (Wildman–Crippen MR) is 53.1 cm³/mol. The largest absolute Gasteiger partial charge is 0.477 e. The second-order valence-corrected chi connectivity index (χ2v) is 3.73. The summed E-state index contributed by atoms with van der Waals surface area (Å²) in [5, 5.41) is 13.0. The van der Waals surface area contributed by atoms with Gasteiger partial charge in [-0.2, -0.15) is 5.10 Å². The summed E-state index contributed by atoms with van der Waals surface area (Å²) in [5.41, 5.74) is 6.30. The number of nitrogen functional groups attached to an aromatic ring is 1. The van der Waals surface area contributed by atoms with Crippen LogP contribution in [0.3, 0.4) is 0 Å². The molecule has 0 spiro atoms. The number of anilines is 1. The molecule has 1 aromatic rings. The van der Waals surface area contributed by atoms with Crippen LogP contribution in [0.15, 0.2) is 0 Å². The van der Waals surface area contributed by atoms with E-state index >= 15 is 0 Å². The highest BCUT2D eigenvalue weighted by Crippen LogP contribution is 2.18. The lowest BCUT2D eigenvalue weighted by Gasteiger charge is -2.01. The second kappa shape index (κ2) is 3.69. The van der Waals surface area contributed by atoms with E-state index in [1.165, 1.54) is 4.68 Å². The van der Waals surface area contributed by atoms with Crippen LogP contribution in [-0.4, -0.2) is 20.9 Å². The fourth-order valence-corrected chi connectivity index (χ4v) is 1.36. The van der Waals surface area contributed by atoms with Gasteiger partial charge in [-0.3, -0.25) is 4.68 Å². The van der Waals surface area contributed by atoms with Crippen molar-refractivity contribution in [3.05, 3.63) is 11.3 Å². The van der Waals surface area contributed by atoms with Gasteiger partial charge < -0.3 is 10.8 Å². The molecule has 0 aliphatic rings. The third-order valence-electron chi connectivity index (χ3n) is 1.98. The maximum Gasteiger partial charge on any atom is 0.341 e. The van der Waals surface area contributed by atoms with Gasteiger partial charge in [0.2, 0.25) is 0 Å². The predicted octanol–water partition coefficient (Wildman–Crippen LogP) is 0.899. The van der Waals surface area contributed by atoms with E-state index in [0.29, 0.717) is 18.0 Å². The lowest BCUT2D eigenvalue weighted by atomic mass is 10.1. The lowest BCUT2D eigenvalue weighted by molar-refractivity contribution is 0.0696. The van der Waals surface area contributed by atoms with Crippen LogP contribution in [0.2, 0.25) is 0 Å². The minimum absolute atomic E-state index is 0.140. The Kier molecular flexibility index (Phi) is 2.78. The molecule has 0 amide bonds. The van der Waals surface area contributed by atoms with Crippen molar-refractivity contribution in [3.8, 4) is 0 Å². The average Bonchev–Trinajstić information content (AvgIpc) is 2.26. The minimum atomic E-state index is -1.01. The Bertz CT molecular complexity index is 355. The Morgan fingerprint density at radius 1 is 1.64 bits per heavy atom. The molecule has 14 heavy (non-hydrogen) atoms. The highest BCUT2D eigenvalue weighted by Gasteiger charge is 2.20. The quantitative estimate of drug-likeness (QED) is 0.754. The highest BCUT2D eigenvalue weighted by atomic mass is 16.4. The average molecular weight is 197 g/mol. The zero-order chi connectivity index (χ0) is 10.9. The Morgan fingerprint density at radius 2 is 2.21 bits per heavy atom. The van der Waals surface area contributed by atoms with Gasteiger partial charge in [0.1, 0.15) is 11.4 Å². The van der Waals surface area contributed by atoms with E-state index in [-0.39, 0.29) is 11.4 Å². The number of hydrogen-bond acceptors (Lipinski definition) is 3. The molecule has 0 radical (unpaired) electrons. The SMILES string of the molecule is CC(C)Cc1nn(C)c(N)c1C(=O)O. The van der Waals surface area contributed by atoms with E-state index in [1.54, 1.807) is 7.05 Å². The first-order valence-corrected chi connectivity index (χ1v) is 4.48. The van der Waals surface area contributed by atoms with Gasteiger partial charge in [0.05, 0.1) is 5.69 Å². The molecular formula is C9H15N3O2. The van der Waals surface area contributed by atoms with Crippen molar-refractivity contribution in [2.24, 2.45) is 13.0 Å². The van der Waals surface area contributed by atoms with Gasteiger partial charge in [0.15, 0.2) is 0 Å². The molecule has 0 aliphatic carbocycles. The molecule has 1 aromatic heterocycles. The van der Waals surface area contributed by atoms with E-state index in [9.17, 15) is 4.79 Å². The molecule has 78 valence electrons. The van der Waals surface area contributed by atoms with Crippen molar-refractivity contribution in [1.29, 1.82) is 0 Å². The lowest BCUT2D eigenvalue weighted by Crippen LogP contribution is -2.06. The van der Waals surface area contributed by atoms with Crippen LogP contribution in [0.5, 0.6) is 0 Å². The topological polar surface area (TPSA) is 81.1 Å². The van der Waals surface area contributed by atoms with Crippen LogP contribution in [0.1, 0.15) is 29.9 Å². The van der Waals surface area contributed by atoms with Crippen LogP contribution in [0, 0.1) is 5.92 Å². The maximum atomic E-state index is 10.9. The fraction of sp³-hybridized carbons (Fsp3) is 0.556. The Hall–Kier alpha value is -1.52. The summed E-state index contributed by atoms with van der Waals surface area (Å²) < 4.78 is 1.40. The zero-order valence-electron chi connectivity index (χ0n) is 8.61. The first-order chi connectivity index (χ1) is 6.43. The van der Waals surface area contributed by atoms with E-state index in [4.69, 9.17) is 10.8 Å². The number of carboxylic acids is 1. The van der Waals surface area contributed by atoms with Crippen LogP contribution < -0.4 is 5.73 Å². The van der Waals surface area contributed by atoms with E-state index in [1.807, 2.05) is 13.8 Å². The van der Waals surface area contributed by atoms with E-state index in [2.05, 4.69) is 5.10 Å². The molecule has 0 saturated carbocycles. The molecule has 5 heteroatoms. The Balaban J connectivity index is 3.15. The van der Waals surface area contributed by atoms with Gasteiger partial charge in [-0.05, 0) is 12.3 Å². The Morgan fingerprint density at radius 3 is 2.64 bits per heavy atom. The van der Waals surface area contributed by atoms with Crippen LogP contribution in [-0.2, 0) is 13.5 Å². The number of rotatable bonds is 3. The molecule has 1 rings (SSSR count). The number of aromatic carboxylic acids is 1. The summed E-state index contributed by atoms with van der Waals surface area (Å²) in [6.45, 7) is 4.02. The summed E-state index contributed by atoms with van der Waals surface area (Å²) in [6, 6.07) is 0. The first-order valence-electron chi connectivity index (χ1n) is 4.48. The molecule has 0 atom stereocenters.